The molecule has 128 valence electrons. The van der Waals surface area contributed by atoms with Gasteiger partial charge in [-0.2, -0.15) is 4.98 Å². The summed E-state index contributed by atoms with van der Waals surface area (Å²) in [5.41, 5.74) is 1.01. The average Bonchev–Trinajstić information content (AvgIpc) is 3.08. The highest BCUT2D eigenvalue weighted by molar-refractivity contribution is 5.75. The second-order valence-corrected chi connectivity index (χ2v) is 6.01. The fraction of sp³-hybridized carbons (Fsp3) is 0.235. The molecule has 0 aliphatic rings. The van der Waals surface area contributed by atoms with Gasteiger partial charge in [-0.15, -0.1) is 0 Å². The minimum absolute atomic E-state index is 0.0465. The third-order valence-corrected chi connectivity index (χ3v) is 4.45. The van der Waals surface area contributed by atoms with Crippen molar-refractivity contribution in [1.29, 1.82) is 0 Å². The Morgan fingerprint density at radius 3 is 2.52 bits per heavy atom. The van der Waals surface area contributed by atoms with Crippen molar-refractivity contribution in [3.05, 3.63) is 67.9 Å². The summed E-state index contributed by atoms with van der Waals surface area (Å²) < 4.78 is 22.7. The zero-order valence-corrected chi connectivity index (χ0v) is 13.9. The van der Waals surface area contributed by atoms with Crippen molar-refractivity contribution in [2.45, 2.75) is 20.4 Å². The predicted molar refractivity (Wildman–Crippen MR) is 89.4 cm³/mol. The van der Waals surface area contributed by atoms with Gasteiger partial charge in [-0.1, -0.05) is 12.1 Å². The molecule has 0 amide bonds. The molecule has 0 bridgehead atoms. The number of hydrogen-bond donors (Lipinski definition) is 0. The Morgan fingerprint density at radius 1 is 1.16 bits per heavy atom. The molecule has 0 aliphatic carbocycles. The van der Waals surface area contributed by atoms with Gasteiger partial charge in [0.1, 0.15) is 11.6 Å². The first kappa shape index (κ1) is 15.4. The lowest BCUT2D eigenvalue weighted by atomic mass is 10.2. The van der Waals surface area contributed by atoms with E-state index >= 15 is 0 Å². The molecule has 0 aliphatic heterocycles. The number of hydrogen-bond acceptors (Lipinski definition) is 4. The Hall–Kier alpha value is -3.16. The SMILES string of the molecule is Cc1oc2nc3c(c(=O)n(Cc4ccc(F)cc4)c(=O)n3C)n2c1C. The summed E-state index contributed by atoms with van der Waals surface area (Å²) in [5, 5.41) is 0. The van der Waals surface area contributed by atoms with Crippen LogP contribution in [0.2, 0.25) is 0 Å². The number of fused-ring (bicyclic) bond motifs is 3. The van der Waals surface area contributed by atoms with Crippen molar-refractivity contribution < 1.29 is 8.81 Å². The number of benzene rings is 1. The van der Waals surface area contributed by atoms with Gasteiger partial charge in [0, 0.05) is 7.05 Å². The van der Waals surface area contributed by atoms with Gasteiger partial charge in [0.05, 0.1) is 12.2 Å². The van der Waals surface area contributed by atoms with Crippen LogP contribution < -0.4 is 11.2 Å². The lowest BCUT2D eigenvalue weighted by molar-refractivity contribution is 0.561. The zero-order chi connectivity index (χ0) is 17.9. The zero-order valence-electron chi connectivity index (χ0n) is 13.9. The number of imidazole rings is 1. The molecule has 3 heterocycles. The number of aryl methyl sites for hydroxylation is 3. The van der Waals surface area contributed by atoms with Gasteiger partial charge in [-0.25, -0.2) is 9.18 Å². The smallest absolute Gasteiger partial charge is 0.332 e. The molecule has 4 aromatic rings. The average molecular weight is 342 g/mol. The Bertz CT molecular complexity index is 1240. The van der Waals surface area contributed by atoms with Gasteiger partial charge in [-0.05, 0) is 31.5 Å². The van der Waals surface area contributed by atoms with Crippen molar-refractivity contribution in [2.24, 2.45) is 7.05 Å². The minimum atomic E-state index is -0.489. The molecule has 4 rings (SSSR count). The quantitative estimate of drug-likeness (QED) is 0.556. The first-order chi connectivity index (χ1) is 11.9. The van der Waals surface area contributed by atoms with Crippen LogP contribution in [0.5, 0.6) is 0 Å². The Labute approximate surface area is 140 Å². The summed E-state index contributed by atoms with van der Waals surface area (Å²) in [5.74, 6) is 0.556. The predicted octanol–water partition coefficient (Wildman–Crippen LogP) is 1.75. The van der Waals surface area contributed by atoms with Crippen LogP contribution in [0, 0.1) is 19.7 Å². The van der Waals surface area contributed by atoms with Gasteiger partial charge >= 0.3 is 11.5 Å². The molecule has 0 saturated heterocycles. The number of nitrogens with zero attached hydrogens (tertiary/aromatic N) is 4. The molecular weight excluding hydrogens is 327 g/mol. The van der Waals surface area contributed by atoms with Gasteiger partial charge in [0.25, 0.3) is 5.56 Å². The fourth-order valence-electron chi connectivity index (χ4n) is 2.96. The maximum atomic E-state index is 13.1. The van der Waals surface area contributed by atoms with Gasteiger partial charge < -0.3 is 4.42 Å². The largest absolute Gasteiger partial charge is 0.428 e. The summed E-state index contributed by atoms with van der Waals surface area (Å²) in [4.78, 5) is 29.9. The van der Waals surface area contributed by atoms with E-state index in [9.17, 15) is 14.0 Å². The molecule has 0 atom stereocenters. The highest BCUT2D eigenvalue weighted by atomic mass is 19.1. The highest BCUT2D eigenvalue weighted by Crippen LogP contribution is 2.19. The van der Waals surface area contributed by atoms with Crippen LogP contribution in [0.3, 0.4) is 0 Å². The van der Waals surface area contributed by atoms with E-state index < -0.39 is 11.2 Å². The van der Waals surface area contributed by atoms with Crippen LogP contribution in [0.4, 0.5) is 4.39 Å². The van der Waals surface area contributed by atoms with E-state index in [-0.39, 0.29) is 29.4 Å². The van der Waals surface area contributed by atoms with E-state index in [1.165, 1.54) is 16.7 Å². The normalized spacial score (nSPS) is 11.7. The summed E-state index contributed by atoms with van der Waals surface area (Å²) in [6, 6.07) is 5.68. The summed E-state index contributed by atoms with van der Waals surface area (Å²) in [7, 11) is 1.56. The molecule has 0 fully saturated rings. The van der Waals surface area contributed by atoms with Crippen molar-refractivity contribution >= 4 is 17.0 Å². The Kier molecular flexibility index (Phi) is 3.18. The molecule has 25 heavy (non-hydrogen) atoms. The molecule has 0 radical (unpaired) electrons. The lowest BCUT2D eigenvalue weighted by Gasteiger charge is -2.08. The fourth-order valence-corrected chi connectivity index (χ4v) is 2.96. The van der Waals surface area contributed by atoms with E-state index in [1.54, 1.807) is 30.5 Å². The minimum Gasteiger partial charge on any atom is -0.428 e. The summed E-state index contributed by atoms with van der Waals surface area (Å²) >= 11 is 0. The lowest BCUT2D eigenvalue weighted by Crippen LogP contribution is -2.39. The molecule has 0 unspecified atom stereocenters. The van der Waals surface area contributed by atoms with E-state index in [0.29, 0.717) is 11.3 Å². The van der Waals surface area contributed by atoms with Crippen LogP contribution >= 0.6 is 0 Å². The van der Waals surface area contributed by atoms with Crippen LogP contribution in [-0.2, 0) is 13.6 Å². The van der Waals surface area contributed by atoms with Gasteiger partial charge in [0.2, 0.25) is 0 Å². The maximum Gasteiger partial charge on any atom is 0.332 e. The highest BCUT2D eigenvalue weighted by Gasteiger charge is 2.21. The molecule has 1 aromatic carbocycles. The number of halogens is 1. The molecule has 7 nitrogen and oxygen atoms in total. The van der Waals surface area contributed by atoms with Crippen LogP contribution in [-0.4, -0.2) is 18.5 Å². The molecular formula is C17H15FN4O3. The summed E-state index contributed by atoms with van der Waals surface area (Å²) in [6.45, 7) is 3.65. The second-order valence-electron chi connectivity index (χ2n) is 6.01. The first-order valence-corrected chi connectivity index (χ1v) is 7.71. The second kappa shape index (κ2) is 5.17. The van der Waals surface area contributed by atoms with Crippen molar-refractivity contribution in [3.8, 4) is 0 Å². The van der Waals surface area contributed by atoms with Gasteiger partial charge in [-0.3, -0.25) is 18.3 Å². The van der Waals surface area contributed by atoms with Crippen LogP contribution in [0.1, 0.15) is 17.0 Å². The third-order valence-electron chi connectivity index (χ3n) is 4.45. The van der Waals surface area contributed by atoms with E-state index in [0.717, 1.165) is 10.3 Å². The van der Waals surface area contributed by atoms with E-state index in [1.807, 2.05) is 6.92 Å². The van der Waals surface area contributed by atoms with E-state index in [4.69, 9.17) is 4.42 Å². The Morgan fingerprint density at radius 2 is 1.84 bits per heavy atom. The number of aromatic nitrogens is 4. The first-order valence-electron chi connectivity index (χ1n) is 7.71. The van der Waals surface area contributed by atoms with Crippen LogP contribution in [0.25, 0.3) is 17.0 Å². The Balaban J connectivity index is 2.04. The summed E-state index contributed by atoms with van der Waals surface area (Å²) in [6.07, 6.45) is 0. The van der Waals surface area contributed by atoms with E-state index in [2.05, 4.69) is 4.98 Å². The van der Waals surface area contributed by atoms with Crippen molar-refractivity contribution in [2.75, 3.05) is 0 Å². The standard InChI is InChI=1S/C17H15FN4O3/c1-9-10(2)25-16-19-14-13(22(9)16)15(23)21(17(24)20(14)3)8-11-4-6-12(18)7-5-11/h4-7H,8H2,1-3H3. The van der Waals surface area contributed by atoms with Gasteiger partial charge in [0.15, 0.2) is 11.2 Å². The molecule has 0 spiro atoms. The molecule has 0 saturated carbocycles. The number of rotatable bonds is 2. The number of oxazole rings is 1. The topological polar surface area (TPSA) is 74.4 Å². The third kappa shape index (κ3) is 2.14. The monoisotopic (exact) mass is 342 g/mol. The van der Waals surface area contributed by atoms with Crippen molar-refractivity contribution in [3.63, 3.8) is 0 Å². The van der Waals surface area contributed by atoms with Crippen LogP contribution in [0.15, 0.2) is 38.3 Å². The molecule has 0 N–H and O–H groups in total. The molecule has 8 heteroatoms. The van der Waals surface area contributed by atoms with Crippen molar-refractivity contribution in [1.82, 2.24) is 18.5 Å². The molecule has 3 aromatic heterocycles. The maximum absolute atomic E-state index is 13.1.